The van der Waals surface area contributed by atoms with E-state index in [1.54, 1.807) is 0 Å². The minimum absolute atomic E-state index is 0.502. The zero-order valence-corrected chi connectivity index (χ0v) is 37.0. The van der Waals surface area contributed by atoms with Gasteiger partial charge in [-0.25, -0.2) is 0 Å². The van der Waals surface area contributed by atoms with Crippen LogP contribution in [0.25, 0.3) is 51.6 Å². The van der Waals surface area contributed by atoms with Crippen LogP contribution in [-0.2, 0) is 6.42 Å². The quantitative estimate of drug-likeness (QED) is 0.154. The topological polar surface area (TPSA) is 0 Å². The SMILES string of the molecule is CC1=Cc2c(-c3cc(C)cc(C)c3)cccc2C1[Si](C)(C)C1C(C)=Cc2c(-c3cc(C)cc(C)c3)cccc21.CC1=Cc2cccc(-c3cc(C)cc(C)c3)c2C1. The van der Waals surface area contributed by atoms with Gasteiger partial charge in [0.05, 0.1) is 8.07 Å². The van der Waals surface area contributed by atoms with Gasteiger partial charge in [0.2, 0.25) is 0 Å². The summed E-state index contributed by atoms with van der Waals surface area (Å²) in [6, 6.07) is 41.4. The third-order valence-electron chi connectivity index (χ3n) is 12.7. The molecule has 0 nitrogen and oxygen atoms in total. The molecular formula is C56H58Si. The number of allylic oxidation sites excluding steroid dienone is 3. The largest absolute Gasteiger partial charge is 0.0722 e. The van der Waals surface area contributed by atoms with Crippen molar-refractivity contribution in [2.75, 3.05) is 0 Å². The first-order chi connectivity index (χ1) is 27.2. The van der Waals surface area contributed by atoms with E-state index in [4.69, 9.17) is 0 Å². The van der Waals surface area contributed by atoms with Crippen molar-refractivity contribution in [3.63, 3.8) is 0 Å². The Morgan fingerprint density at radius 1 is 0.421 bits per heavy atom. The average molecular weight is 759 g/mol. The lowest BCUT2D eigenvalue weighted by Crippen LogP contribution is -2.42. The van der Waals surface area contributed by atoms with Gasteiger partial charge in [-0.1, -0.05) is 191 Å². The first-order valence-corrected chi connectivity index (χ1v) is 24.0. The summed E-state index contributed by atoms with van der Waals surface area (Å²) in [4.78, 5) is 0. The molecule has 286 valence electrons. The molecule has 6 aromatic rings. The van der Waals surface area contributed by atoms with Gasteiger partial charge in [0, 0.05) is 11.1 Å². The molecule has 1 heteroatoms. The molecule has 0 saturated heterocycles. The van der Waals surface area contributed by atoms with E-state index < -0.39 is 8.07 Å². The molecular weight excluding hydrogens is 701 g/mol. The summed E-state index contributed by atoms with van der Waals surface area (Å²) in [7, 11) is -1.89. The first kappa shape index (κ1) is 38.6. The van der Waals surface area contributed by atoms with Crippen LogP contribution in [0, 0.1) is 41.5 Å². The van der Waals surface area contributed by atoms with Crippen LogP contribution < -0.4 is 0 Å². The highest BCUT2D eigenvalue weighted by Gasteiger charge is 2.47. The molecule has 3 aliphatic rings. The summed E-state index contributed by atoms with van der Waals surface area (Å²) < 4.78 is 0. The first-order valence-electron chi connectivity index (χ1n) is 20.8. The smallest absolute Gasteiger partial charge is 0.0683 e. The van der Waals surface area contributed by atoms with Gasteiger partial charge in [0.1, 0.15) is 0 Å². The maximum Gasteiger partial charge on any atom is 0.0722 e. The van der Waals surface area contributed by atoms with Gasteiger partial charge < -0.3 is 0 Å². The lowest BCUT2D eigenvalue weighted by atomic mass is 9.94. The monoisotopic (exact) mass is 758 g/mol. The van der Waals surface area contributed by atoms with E-state index in [0.29, 0.717) is 11.1 Å². The lowest BCUT2D eigenvalue weighted by Gasteiger charge is -2.39. The van der Waals surface area contributed by atoms with E-state index in [1.165, 1.54) is 117 Å². The Bertz CT molecular complexity index is 2490. The molecule has 9 rings (SSSR count). The maximum atomic E-state index is 2.63. The van der Waals surface area contributed by atoms with Crippen molar-refractivity contribution in [3.05, 3.63) is 193 Å². The minimum Gasteiger partial charge on any atom is -0.0683 e. The molecule has 0 spiro atoms. The zero-order chi connectivity index (χ0) is 40.3. The van der Waals surface area contributed by atoms with Gasteiger partial charge in [0.15, 0.2) is 0 Å². The van der Waals surface area contributed by atoms with Crippen LogP contribution in [-0.4, -0.2) is 8.07 Å². The second kappa shape index (κ2) is 14.9. The Morgan fingerprint density at radius 2 is 0.789 bits per heavy atom. The van der Waals surface area contributed by atoms with Crippen molar-refractivity contribution in [1.29, 1.82) is 0 Å². The molecule has 0 radical (unpaired) electrons. The van der Waals surface area contributed by atoms with Crippen LogP contribution >= 0.6 is 0 Å². The van der Waals surface area contributed by atoms with Crippen molar-refractivity contribution in [1.82, 2.24) is 0 Å². The van der Waals surface area contributed by atoms with Gasteiger partial charge >= 0.3 is 0 Å². The van der Waals surface area contributed by atoms with E-state index in [-0.39, 0.29) is 0 Å². The van der Waals surface area contributed by atoms with Crippen LogP contribution in [0.3, 0.4) is 0 Å². The maximum absolute atomic E-state index is 2.63. The van der Waals surface area contributed by atoms with Gasteiger partial charge in [-0.15, -0.1) is 0 Å². The van der Waals surface area contributed by atoms with Crippen LogP contribution in [0.4, 0.5) is 0 Å². The summed E-state index contributed by atoms with van der Waals surface area (Å²) in [6.45, 7) is 25.4. The summed E-state index contributed by atoms with van der Waals surface area (Å²) in [5.41, 5.74) is 30.5. The molecule has 0 aliphatic heterocycles. The zero-order valence-electron chi connectivity index (χ0n) is 36.0. The molecule has 0 heterocycles. The van der Waals surface area contributed by atoms with Crippen LogP contribution in [0.5, 0.6) is 0 Å². The molecule has 0 fully saturated rings. The van der Waals surface area contributed by atoms with Crippen molar-refractivity contribution < 1.29 is 0 Å². The number of hydrogen-bond acceptors (Lipinski definition) is 0. The van der Waals surface area contributed by atoms with Crippen molar-refractivity contribution in [2.24, 2.45) is 0 Å². The van der Waals surface area contributed by atoms with Gasteiger partial charge in [-0.3, -0.25) is 0 Å². The van der Waals surface area contributed by atoms with E-state index in [0.717, 1.165) is 6.42 Å². The fraction of sp³-hybridized carbons (Fsp3) is 0.250. The van der Waals surface area contributed by atoms with Crippen molar-refractivity contribution in [2.45, 2.75) is 92.9 Å². The third kappa shape index (κ3) is 7.28. The Hall–Kier alpha value is -5.24. The standard InChI is InChI=1S/C38H40Si.C18H18/c1-23-15-24(2)18-29(17-23)31-11-9-13-33-35(31)21-27(5)37(33)39(7,8)38-28(6)22-36-32(12-10-14-34(36)38)30-19-25(3)16-26(4)20-30;1-12-7-13(2)10-16(9-12)17-6-4-5-15-8-14(3)11-18(15)17/h9-22,37-38H,1-8H3;4-10H,11H2,1-3H3. The van der Waals surface area contributed by atoms with Gasteiger partial charge in [-0.2, -0.15) is 0 Å². The third-order valence-corrected chi connectivity index (χ3v) is 17.2. The molecule has 0 amide bonds. The Kier molecular flexibility index (Phi) is 10.1. The minimum atomic E-state index is -1.89. The van der Waals surface area contributed by atoms with Crippen LogP contribution in [0.15, 0.2) is 126 Å². The Labute approximate surface area is 343 Å². The van der Waals surface area contributed by atoms with E-state index in [9.17, 15) is 0 Å². The second-order valence-corrected chi connectivity index (χ2v) is 23.0. The summed E-state index contributed by atoms with van der Waals surface area (Å²) in [5.74, 6) is 0. The molecule has 0 bridgehead atoms. The number of aryl methyl sites for hydroxylation is 6. The lowest BCUT2D eigenvalue weighted by molar-refractivity contribution is 0.968. The Morgan fingerprint density at radius 3 is 1.21 bits per heavy atom. The predicted molar refractivity (Wildman–Crippen MR) is 252 cm³/mol. The number of fused-ring (bicyclic) bond motifs is 3. The normalized spacial score (nSPS) is 16.6. The molecule has 2 atom stereocenters. The average Bonchev–Trinajstić information content (AvgIpc) is 3.81. The Balaban J connectivity index is 0.000000210. The highest BCUT2D eigenvalue weighted by molar-refractivity contribution is 6.81. The molecule has 57 heavy (non-hydrogen) atoms. The van der Waals surface area contributed by atoms with Crippen LogP contribution in [0.2, 0.25) is 13.1 Å². The van der Waals surface area contributed by atoms with Crippen molar-refractivity contribution >= 4 is 26.3 Å². The fourth-order valence-electron chi connectivity index (χ4n) is 10.9. The van der Waals surface area contributed by atoms with Gasteiger partial charge in [0.25, 0.3) is 0 Å². The van der Waals surface area contributed by atoms with E-state index in [2.05, 4.69) is 203 Å². The molecule has 0 aromatic heterocycles. The van der Waals surface area contributed by atoms with E-state index in [1.807, 2.05) is 0 Å². The van der Waals surface area contributed by atoms with Gasteiger partial charge in [-0.05, 0) is 135 Å². The predicted octanol–water partition coefficient (Wildman–Crippen LogP) is 15.7. The molecule has 6 aromatic carbocycles. The van der Waals surface area contributed by atoms with Crippen LogP contribution in [0.1, 0.15) is 98.6 Å². The second-order valence-electron chi connectivity index (χ2n) is 18.3. The number of hydrogen-bond donors (Lipinski definition) is 0. The summed E-state index contributed by atoms with van der Waals surface area (Å²) >= 11 is 0. The van der Waals surface area contributed by atoms with E-state index >= 15 is 0 Å². The highest BCUT2D eigenvalue weighted by Crippen LogP contribution is 2.54. The van der Waals surface area contributed by atoms with Crippen molar-refractivity contribution in [3.8, 4) is 33.4 Å². The summed E-state index contributed by atoms with van der Waals surface area (Å²) in [5, 5.41) is 0. The molecule has 2 unspecified atom stereocenters. The number of rotatable bonds is 5. The highest BCUT2D eigenvalue weighted by atomic mass is 28.3. The molecule has 0 N–H and O–H groups in total. The molecule has 0 saturated carbocycles. The fourth-order valence-corrected chi connectivity index (χ4v) is 15.9. The summed E-state index contributed by atoms with van der Waals surface area (Å²) in [6.07, 6.45) is 8.41. The number of benzene rings is 6. The molecule has 3 aliphatic carbocycles.